The molecule has 1 aromatic heterocycles. The molecule has 5 aliphatic rings. The summed E-state index contributed by atoms with van der Waals surface area (Å²) in [5.74, 6) is -6.79. The number of Topliss-reactive ketones (excluding diaryl/α,β-unsaturated/α-hetero) is 2. The van der Waals surface area contributed by atoms with Gasteiger partial charge in [-0.15, -0.1) is 0 Å². The minimum atomic E-state index is -2.44. The Bertz CT molecular complexity index is 2520. The quantitative estimate of drug-likeness (QED) is 0.0630. The number of nitrogens with zero attached hydrogens (tertiary/aromatic N) is 5. The van der Waals surface area contributed by atoms with Gasteiger partial charge in [-0.05, 0) is 119 Å². The molecule has 1 saturated carbocycles. The van der Waals surface area contributed by atoms with Gasteiger partial charge in [-0.2, -0.15) is 0 Å². The predicted octanol–water partition coefficient (Wildman–Crippen LogP) is 7.39. The molecule has 500 valence electrons. The molecule has 0 aromatic carbocycles. The average Bonchev–Trinajstić information content (AvgIpc) is 0.952. The number of piperidine rings is 1. The van der Waals surface area contributed by atoms with Crippen LogP contribution in [0.5, 0.6) is 0 Å². The number of carbonyl (C=O) groups excluding carboxylic acids is 5. The zero-order valence-electron chi connectivity index (χ0n) is 55.4. The molecule has 0 unspecified atom stereocenters. The topological polar surface area (TPSA) is 244 Å². The van der Waals surface area contributed by atoms with E-state index in [1.54, 1.807) is 54.7 Å². The number of aliphatic hydroxyl groups is 2. The molecule has 2 bridgehead atoms. The van der Waals surface area contributed by atoms with Crippen molar-refractivity contribution >= 4 is 35.4 Å². The van der Waals surface area contributed by atoms with Crippen LogP contribution in [0.2, 0.25) is 0 Å². The van der Waals surface area contributed by atoms with Crippen LogP contribution in [0.3, 0.4) is 0 Å². The van der Waals surface area contributed by atoms with Crippen LogP contribution in [-0.4, -0.2) is 215 Å². The molecule has 5 heterocycles. The third-order valence-corrected chi connectivity index (χ3v) is 19.1. The highest BCUT2D eigenvalue weighted by Gasteiger charge is 2.53. The van der Waals surface area contributed by atoms with E-state index < -0.39 is 84.1 Å². The summed E-state index contributed by atoms with van der Waals surface area (Å²) in [6, 6.07) is -1.12. The molecule has 0 radical (unpaired) electrons. The number of esters is 2. The fourth-order valence-corrected chi connectivity index (χ4v) is 13.4. The lowest BCUT2D eigenvalue weighted by molar-refractivity contribution is -0.265. The second-order valence-corrected chi connectivity index (χ2v) is 25.8. The molecule has 1 amide bonds. The van der Waals surface area contributed by atoms with Crippen LogP contribution in [0, 0.1) is 35.5 Å². The lowest BCUT2D eigenvalue weighted by Crippen LogP contribution is -2.61. The Morgan fingerprint density at radius 2 is 1.51 bits per heavy atom. The molecule has 1 aromatic rings. The summed E-state index contributed by atoms with van der Waals surface area (Å²) in [6.07, 6.45) is 15.9. The number of amides is 1. The summed E-state index contributed by atoms with van der Waals surface area (Å²) in [5, 5.41) is 23.9. The standard InChI is InChI=1S/C68H107N5O16/c1-44-18-14-13-15-19-45(2)56(82-9)40-53-24-21-50(7)68(80,89-53)64(77)65(78)73-27-17-16-20-54(73)66(79)88-58(41-57(83-10)46(3)37-49(6)62(76)63(85-12)61(75)48(5)36-44)47(4)38-51-22-25-55(59(39-51)84-11)87-60(74)26-23-52-42-69-67(70-43-52)72-30-28-71(29-31-72)32-33-86-35-34-81-8/h13-15,18-19,37,42-44,46-48,50-51,53-59,62-63,76,80H,16-17,20-36,38-41H2,1-12H3/b15-13+,18-14+,45-19+,49-37+/t44-,46-,47-,48-,50-,51+,53+,54+,55-,56+,57-,58+,59-,62-,63+,68-/m1/s1. The van der Waals surface area contributed by atoms with Crippen molar-refractivity contribution in [3.8, 4) is 0 Å². The maximum Gasteiger partial charge on any atom is 0.329 e. The number of anilines is 1. The van der Waals surface area contributed by atoms with E-state index in [9.17, 15) is 34.2 Å². The first-order valence-corrected chi connectivity index (χ1v) is 32.7. The van der Waals surface area contributed by atoms with Crippen LogP contribution < -0.4 is 4.90 Å². The van der Waals surface area contributed by atoms with Crippen LogP contribution in [0.4, 0.5) is 5.95 Å². The zero-order chi connectivity index (χ0) is 64.8. The number of hydrogen-bond donors (Lipinski definition) is 2. The monoisotopic (exact) mass is 1250 g/mol. The van der Waals surface area contributed by atoms with Gasteiger partial charge in [-0.1, -0.05) is 71.1 Å². The maximum atomic E-state index is 14.9. The van der Waals surface area contributed by atoms with Crippen molar-refractivity contribution in [3.63, 3.8) is 0 Å². The Kier molecular flexibility index (Phi) is 30.0. The predicted molar refractivity (Wildman–Crippen MR) is 337 cm³/mol. The number of aliphatic hydroxyl groups excluding tert-OH is 1. The van der Waals surface area contributed by atoms with Crippen LogP contribution in [-0.2, 0) is 73.0 Å². The highest BCUT2D eigenvalue weighted by molar-refractivity contribution is 6.39. The lowest BCUT2D eigenvalue weighted by atomic mass is 9.78. The Hall–Kier alpha value is -4.81. The van der Waals surface area contributed by atoms with E-state index in [1.165, 1.54) is 12.0 Å². The van der Waals surface area contributed by atoms with Crippen molar-refractivity contribution in [2.75, 3.05) is 99.5 Å². The number of ketones is 2. The molecule has 21 heteroatoms. The SMILES string of the molecule is COCCOCCN1CCN(c2ncc(CCC(=O)O[C@@H]3CC[C@@H](C[C@@H](C)[C@@H]4C[C@@H](OC)[C@H](C)/C=C(\C)[C@@H](O)[C@@H](OC)C(=O)[C@H](C)C[C@H](C)/C=C/C=C/C=C(\C)[C@@H](OC)C[C@@H]5CC[C@@H](C)[C@@](O)(O5)C(=O)C(=O)N5CCCC[C@H]5C(=O)O4)C[C@H]3OC)cn2)CC1. The fraction of sp³-hybridized carbons (Fsp3) is 0.750. The number of carbonyl (C=O) groups is 5. The molecule has 16 atom stereocenters. The lowest BCUT2D eigenvalue weighted by Gasteiger charge is -2.43. The van der Waals surface area contributed by atoms with Gasteiger partial charge in [0.15, 0.2) is 5.78 Å². The highest BCUT2D eigenvalue weighted by Crippen LogP contribution is 2.39. The Morgan fingerprint density at radius 3 is 2.19 bits per heavy atom. The highest BCUT2D eigenvalue weighted by atomic mass is 16.6. The van der Waals surface area contributed by atoms with Crippen molar-refractivity contribution < 1.29 is 76.8 Å². The molecule has 4 fully saturated rings. The minimum Gasteiger partial charge on any atom is -0.460 e. The van der Waals surface area contributed by atoms with Crippen molar-refractivity contribution in [2.24, 2.45) is 35.5 Å². The van der Waals surface area contributed by atoms with Gasteiger partial charge >= 0.3 is 11.9 Å². The molecule has 6 rings (SSSR count). The van der Waals surface area contributed by atoms with Gasteiger partial charge < -0.3 is 62.6 Å². The summed E-state index contributed by atoms with van der Waals surface area (Å²) in [4.78, 5) is 86.4. The van der Waals surface area contributed by atoms with E-state index in [1.807, 2.05) is 71.1 Å². The van der Waals surface area contributed by atoms with Gasteiger partial charge in [0.1, 0.15) is 30.5 Å². The smallest absolute Gasteiger partial charge is 0.329 e. The van der Waals surface area contributed by atoms with Crippen molar-refractivity contribution in [2.45, 2.75) is 199 Å². The molecular weight excluding hydrogens is 1140 g/mol. The van der Waals surface area contributed by atoms with Crippen LogP contribution in [0.25, 0.3) is 0 Å². The van der Waals surface area contributed by atoms with Gasteiger partial charge in [0, 0.05) is 124 Å². The van der Waals surface area contributed by atoms with Gasteiger partial charge in [0.2, 0.25) is 11.7 Å². The number of aryl methyl sites for hydroxylation is 1. The second kappa shape index (κ2) is 36.4. The van der Waals surface area contributed by atoms with Crippen LogP contribution in [0.1, 0.15) is 138 Å². The molecule has 3 saturated heterocycles. The minimum absolute atomic E-state index is 0.0234. The first-order valence-electron chi connectivity index (χ1n) is 32.7. The molecule has 1 aliphatic carbocycles. The van der Waals surface area contributed by atoms with E-state index in [-0.39, 0.29) is 67.3 Å². The number of aromatic nitrogens is 2. The number of rotatable bonds is 18. The molecule has 4 aliphatic heterocycles. The van der Waals surface area contributed by atoms with Gasteiger partial charge in [0.25, 0.3) is 11.7 Å². The molecular formula is C68H107N5O16. The van der Waals surface area contributed by atoms with Crippen molar-refractivity contribution in [3.05, 3.63) is 65.6 Å². The van der Waals surface area contributed by atoms with Crippen molar-refractivity contribution in [1.82, 2.24) is 19.8 Å². The third kappa shape index (κ3) is 21.1. The number of methoxy groups -OCH3 is 5. The molecule has 21 nitrogen and oxygen atoms in total. The Balaban J connectivity index is 1.16. The summed E-state index contributed by atoms with van der Waals surface area (Å²) in [6.45, 7) is 19.4. The second-order valence-electron chi connectivity index (χ2n) is 25.8. The van der Waals surface area contributed by atoms with Gasteiger partial charge in [0.05, 0.1) is 44.2 Å². The Morgan fingerprint density at radius 1 is 0.775 bits per heavy atom. The van der Waals surface area contributed by atoms with E-state index >= 15 is 0 Å². The number of hydrogen-bond acceptors (Lipinski definition) is 20. The number of fused-ring (bicyclic) bond motifs is 3. The summed E-state index contributed by atoms with van der Waals surface area (Å²) in [5.41, 5.74) is 2.24. The molecule has 0 spiro atoms. The normalized spacial score (nSPS) is 34.7. The third-order valence-electron chi connectivity index (χ3n) is 19.1. The first kappa shape index (κ1) is 73.2. The zero-order valence-corrected chi connectivity index (χ0v) is 55.4. The maximum absolute atomic E-state index is 14.9. The van der Waals surface area contributed by atoms with E-state index in [2.05, 4.69) is 19.8 Å². The van der Waals surface area contributed by atoms with Crippen LogP contribution >= 0.6 is 0 Å². The number of piperazine rings is 1. The van der Waals surface area contributed by atoms with Crippen LogP contribution in [0.15, 0.2) is 60.0 Å². The van der Waals surface area contributed by atoms with Gasteiger partial charge in [-0.25, -0.2) is 14.8 Å². The molecule has 89 heavy (non-hydrogen) atoms. The number of cyclic esters (lactones) is 1. The first-order chi connectivity index (χ1) is 42.6. The summed E-state index contributed by atoms with van der Waals surface area (Å²) in [7, 11) is 7.88. The summed E-state index contributed by atoms with van der Waals surface area (Å²) < 4.78 is 53.4. The van der Waals surface area contributed by atoms with E-state index in [4.69, 9.17) is 42.6 Å². The van der Waals surface area contributed by atoms with E-state index in [0.29, 0.717) is 102 Å². The average molecular weight is 1250 g/mol. The largest absolute Gasteiger partial charge is 0.460 e. The van der Waals surface area contributed by atoms with E-state index in [0.717, 1.165) is 43.9 Å². The fourth-order valence-electron chi connectivity index (χ4n) is 13.4. The Labute approximate surface area is 529 Å². The summed E-state index contributed by atoms with van der Waals surface area (Å²) >= 11 is 0. The number of ether oxygens (including phenoxy) is 9. The number of allylic oxidation sites excluding steroid dienone is 5. The van der Waals surface area contributed by atoms with Gasteiger partial charge in [-0.3, -0.25) is 24.1 Å². The van der Waals surface area contributed by atoms with Crippen molar-refractivity contribution in [1.29, 1.82) is 0 Å². The molecule has 2 N–H and O–H groups in total.